The summed E-state index contributed by atoms with van der Waals surface area (Å²) >= 11 is 0. The van der Waals surface area contributed by atoms with Crippen molar-refractivity contribution in [3.05, 3.63) is 108 Å². The lowest BCUT2D eigenvalue weighted by Gasteiger charge is -2.21. The van der Waals surface area contributed by atoms with Gasteiger partial charge in [-0.2, -0.15) is 0 Å². The van der Waals surface area contributed by atoms with E-state index in [9.17, 15) is 26.8 Å². The number of nitrogens with one attached hydrogen (secondary N) is 1. The van der Waals surface area contributed by atoms with Gasteiger partial charge >= 0.3 is 0 Å². The molecule has 0 radical (unpaired) electrons. The van der Waals surface area contributed by atoms with Crippen molar-refractivity contribution in [2.24, 2.45) is 0 Å². The molecule has 0 unspecified atom stereocenters. The van der Waals surface area contributed by atoms with Gasteiger partial charge in [0.05, 0.1) is 17.5 Å². The van der Waals surface area contributed by atoms with Crippen molar-refractivity contribution >= 4 is 61.1 Å². The summed E-state index contributed by atoms with van der Waals surface area (Å²) in [6.45, 7) is 5.57. The highest BCUT2D eigenvalue weighted by molar-refractivity contribution is 7.92. The van der Waals surface area contributed by atoms with E-state index < -0.39 is 27.6 Å². The maximum Gasteiger partial charge on any atom is 0.255 e. The number of aromatic nitrogens is 1. The van der Waals surface area contributed by atoms with Gasteiger partial charge in [-0.25, -0.2) is 22.2 Å². The number of aldehydes is 1. The Morgan fingerprint density at radius 3 is 2.38 bits per heavy atom. The van der Waals surface area contributed by atoms with Crippen LogP contribution in [0.5, 0.6) is 0 Å². The lowest BCUT2D eigenvalue weighted by molar-refractivity contribution is -0.104. The standard InChI is InChI=1S/C33H27F2N3O6S/c1-18(13-20(17-39)14-19(2)33-37-30-25(35)7-6-8-27(30)44-33)23-15-24-28(16-26(23)38(4)45(5,41)42)43-31(29(24)32(40)36-3)21-9-11-22(34)12-10-21/h6-17H,2H2,1,3-5H3,(H,36,40)/b18-13+,20-14+. The predicted octanol–water partition coefficient (Wildman–Crippen LogP) is 6.52. The highest BCUT2D eigenvalue weighted by Crippen LogP contribution is 2.40. The number of anilines is 1. The fourth-order valence-corrected chi connectivity index (χ4v) is 5.30. The summed E-state index contributed by atoms with van der Waals surface area (Å²) in [5.74, 6) is -1.34. The summed E-state index contributed by atoms with van der Waals surface area (Å²) in [6.07, 6.45) is 4.50. The van der Waals surface area contributed by atoms with Crippen molar-refractivity contribution < 1.29 is 35.6 Å². The van der Waals surface area contributed by atoms with Gasteiger partial charge in [0.1, 0.15) is 29.0 Å². The van der Waals surface area contributed by atoms with Gasteiger partial charge in [-0.05, 0) is 67.1 Å². The number of allylic oxidation sites excluding steroid dienone is 5. The van der Waals surface area contributed by atoms with Gasteiger partial charge in [-0.1, -0.05) is 12.6 Å². The maximum atomic E-state index is 14.1. The Morgan fingerprint density at radius 2 is 1.76 bits per heavy atom. The highest BCUT2D eigenvalue weighted by Gasteiger charge is 2.26. The molecule has 2 heterocycles. The number of benzene rings is 3. The Morgan fingerprint density at radius 1 is 1.04 bits per heavy atom. The van der Waals surface area contributed by atoms with Crippen molar-refractivity contribution in [3.8, 4) is 11.3 Å². The van der Waals surface area contributed by atoms with Crippen molar-refractivity contribution in [2.75, 3.05) is 24.7 Å². The zero-order valence-corrected chi connectivity index (χ0v) is 25.5. The molecule has 12 heteroatoms. The average Bonchev–Trinajstić information content (AvgIpc) is 3.62. The van der Waals surface area contributed by atoms with Crippen LogP contribution in [0.1, 0.15) is 28.7 Å². The molecule has 0 fully saturated rings. The molecule has 0 aliphatic heterocycles. The Kier molecular flexibility index (Phi) is 8.26. The van der Waals surface area contributed by atoms with Gasteiger partial charge in [0.25, 0.3) is 5.91 Å². The second-order valence-corrected chi connectivity index (χ2v) is 12.2. The zero-order valence-electron chi connectivity index (χ0n) is 24.6. The zero-order chi connectivity index (χ0) is 32.6. The van der Waals surface area contributed by atoms with Crippen LogP contribution in [0.2, 0.25) is 0 Å². The van der Waals surface area contributed by atoms with Crippen LogP contribution >= 0.6 is 0 Å². The molecule has 0 aliphatic rings. The third-order valence-electron chi connectivity index (χ3n) is 7.13. The molecule has 9 nitrogen and oxygen atoms in total. The first-order valence-corrected chi connectivity index (χ1v) is 15.3. The maximum absolute atomic E-state index is 14.1. The molecule has 3 aromatic carbocycles. The van der Waals surface area contributed by atoms with Crippen LogP contribution in [0, 0.1) is 11.6 Å². The molecule has 0 saturated carbocycles. The van der Waals surface area contributed by atoms with Gasteiger partial charge in [-0.15, -0.1) is 0 Å². The molecule has 5 aromatic rings. The van der Waals surface area contributed by atoms with Gasteiger partial charge in [0.2, 0.25) is 15.9 Å². The number of halogens is 2. The Balaban J connectivity index is 1.68. The quantitative estimate of drug-likeness (QED) is 0.112. The van der Waals surface area contributed by atoms with E-state index in [0.29, 0.717) is 28.4 Å². The molecular weight excluding hydrogens is 604 g/mol. The first kappa shape index (κ1) is 31.1. The van der Waals surface area contributed by atoms with Crippen molar-refractivity contribution in [1.82, 2.24) is 10.3 Å². The van der Waals surface area contributed by atoms with Gasteiger partial charge in [0, 0.05) is 47.8 Å². The number of hydrogen-bond donors (Lipinski definition) is 1. The fraction of sp³-hybridized carbons (Fsp3) is 0.121. The summed E-state index contributed by atoms with van der Waals surface area (Å²) in [5, 5.41) is 2.94. The Bertz CT molecular complexity index is 2180. The molecule has 0 aliphatic carbocycles. The number of nitrogens with zero attached hydrogens (tertiary/aromatic N) is 2. The predicted molar refractivity (Wildman–Crippen MR) is 169 cm³/mol. The SMILES string of the molecule is C=C(/C=C(C=O)\C=C(/C)c1cc2c(C(=O)NC)c(-c3ccc(F)cc3)oc2cc1N(C)S(C)(=O)=O)c1nc2c(F)cccc2o1. The number of carbonyl (C=O) groups is 2. The first-order chi connectivity index (χ1) is 21.3. The number of rotatable bonds is 9. The Hall–Kier alpha value is -5.36. The Labute approximate surface area is 257 Å². The number of amides is 1. The normalized spacial score (nSPS) is 12.5. The first-order valence-electron chi connectivity index (χ1n) is 13.4. The molecule has 45 heavy (non-hydrogen) atoms. The van der Waals surface area contributed by atoms with Crippen LogP contribution in [0.15, 0.2) is 87.7 Å². The van der Waals surface area contributed by atoms with Gasteiger partial charge in [-0.3, -0.25) is 13.9 Å². The van der Waals surface area contributed by atoms with E-state index in [2.05, 4.69) is 16.9 Å². The molecule has 0 bridgehead atoms. The van der Waals surface area contributed by atoms with Crippen LogP contribution < -0.4 is 9.62 Å². The number of hydrogen-bond acceptors (Lipinski definition) is 7. The molecule has 2 aromatic heterocycles. The summed E-state index contributed by atoms with van der Waals surface area (Å²) in [7, 11) is -0.960. The molecule has 1 N–H and O–H groups in total. The molecule has 0 saturated heterocycles. The van der Waals surface area contributed by atoms with E-state index in [4.69, 9.17) is 8.83 Å². The summed E-state index contributed by atoms with van der Waals surface area (Å²) in [6, 6.07) is 12.8. The second kappa shape index (κ2) is 12.0. The molecule has 0 atom stereocenters. The average molecular weight is 632 g/mol. The van der Waals surface area contributed by atoms with E-state index in [1.54, 1.807) is 19.1 Å². The molecule has 5 rings (SSSR count). The van der Waals surface area contributed by atoms with E-state index in [1.165, 1.54) is 68.7 Å². The largest absolute Gasteiger partial charge is 0.455 e. The van der Waals surface area contributed by atoms with E-state index >= 15 is 0 Å². The number of oxazole rings is 1. The lowest BCUT2D eigenvalue weighted by Crippen LogP contribution is -2.25. The van der Waals surface area contributed by atoms with Crippen molar-refractivity contribution in [2.45, 2.75) is 6.92 Å². The summed E-state index contributed by atoms with van der Waals surface area (Å²) in [5.41, 5.74) is 2.38. The van der Waals surface area contributed by atoms with E-state index in [1.807, 2.05) is 0 Å². The van der Waals surface area contributed by atoms with Gasteiger partial charge < -0.3 is 14.2 Å². The third-order valence-corrected chi connectivity index (χ3v) is 8.32. The number of fused-ring (bicyclic) bond motifs is 2. The topological polar surface area (TPSA) is 123 Å². The number of para-hydroxylation sites is 1. The number of carbonyl (C=O) groups excluding carboxylic acids is 2. The minimum Gasteiger partial charge on any atom is -0.455 e. The van der Waals surface area contributed by atoms with Crippen LogP contribution in [0.25, 0.3) is 44.5 Å². The summed E-state index contributed by atoms with van der Waals surface area (Å²) < 4.78 is 65.8. The third kappa shape index (κ3) is 6.04. The number of sulfonamides is 1. The second-order valence-electron chi connectivity index (χ2n) is 10.2. The fourth-order valence-electron chi connectivity index (χ4n) is 4.79. The van der Waals surface area contributed by atoms with Crippen LogP contribution in [-0.2, 0) is 14.8 Å². The van der Waals surface area contributed by atoms with E-state index in [-0.39, 0.29) is 50.7 Å². The minimum absolute atomic E-state index is 0.0151. The number of furan rings is 1. The van der Waals surface area contributed by atoms with E-state index in [0.717, 1.165) is 10.6 Å². The summed E-state index contributed by atoms with van der Waals surface area (Å²) in [4.78, 5) is 29.4. The highest BCUT2D eigenvalue weighted by atomic mass is 32.2. The minimum atomic E-state index is -3.77. The van der Waals surface area contributed by atoms with Crippen molar-refractivity contribution in [3.63, 3.8) is 0 Å². The van der Waals surface area contributed by atoms with Crippen LogP contribution in [0.4, 0.5) is 14.5 Å². The smallest absolute Gasteiger partial charge is 0.255 e. The van der Waals surface area contributed by atoms with Crippen LogP contribution in [0.3, 0.4) is 0 Å². The van der Waals surface area contributed by atoms with Crippen LogP contribution in [-0.4, -0.2) is 45.9 Å². The van der Waals surface area contributed by atoms with Crippen molar-refractivity contribution in [1.29, 1.82) is 0 Å². The molecule has 0 spiro atoms. The lowest BCUT2D eigenvalue weighted by atomic mass is 9.97. The van der Waals surface area contributed by atoms with Gasteiger partial charge in [0.15, 0.2) is 11.4 Å². The molecule has 1 amide bonds. The monoisotopic (exact) mass is 631 g/mol. The molecule has 230 valence electrons. The molecular formula is C33H27F2N3O6S.